The van der Waals surface area contributed by atoms with Gasteiger partial charge in [-0.2, -0.15) is 5.26 Å². The van der Waals surface area contributed by atoms with Crippen LogP contribution in [0.1, 0.15) is 52.0 Å². The van der Waals surface area contributed by atoms with E-state index in [4.69, 9.17) is 19.5 Å². The first kappa shape index (κ1) is 18.9. The van der Waals surface area contributed by atoms with Gasteiger partial charge >= 0.3 is 6.09 Å². The van der Waals surface area contributed by atoms with Gasteiger partial charge in [0, 0.05) is 12.1 Å². The van der Waals surface area contributed by atoms with Crippen molar-refractivity contribution in [3.8, 4) is 17.6 Å². The second-order valence-corrected chi connectivity index (χ2v) is 7.21. The molecule has 1 aromatic carbocycles. The second kappa shape index (κ2) is 8.11. The predicted molar refractivity (Wildman–Crippen MR) is 93.8 cm³/mol. The number of rotatable bonds is 4. The Balaban J connectivity index is 1.83. The Morgan fingerprint density at radius 1 is 1.24 bits per heavy atom. The normalized spacial score (nSPS) is 20.3. The lowest BCUT2D eigenvalue weighted by Crippen LogP contribution is -2.42. The molecule has 0 aromatic heterocycles. The van der Waals surface area contributed by atoms with Crippen molar-refractivity contribution in [2.24, 2.45) is 0 Å². The number of nitrogens with one attached hydrogen (secondary N) is 1. The minimum Gasteiger partial charge on any atom is -0.495 e. The fraction of sp³-hybridized carbons (Fsp3) is 0.579. The monoisotopic (exact) mass is 346 g/mol. The Kier molecular flexibility index (Phi) is 6.13. The van der Waals surface area contributed by atoms with E-state index in [-0.39, 0.29) is 18.2 Å². The number of hydrogen-bond acceptors (Lipinski definition) is 5. The summed E-state index contributed by atoms with van der Waals surface area (Å²) >= 11 is 0. The number of benzene rings is 1. The maximum Gasteiger partial charge on any atom is 0.407 e. The van der Waals surface area contributed by atoms with Crippen molar-refractivity contribution in [3.05, 3.63) is 23.8 Å². The lowest BCUT2D eigenvalue weighted by molar-refractivity contribution is 0.0471. The van der Waals surface area contributed by atoms with Gasteiger partial charge in [-0.1, -0.05) is 0 Å². The molecule has 0 heterocycles. The number of carbonyl (C=O) groups excluding carboxylic acids is 1. The highest BCUT2D eigenvalue weighted by Gasteiger charge is 2.25. The van der Waals surface area contributed by atoms with Crippen LogP contribution in [0.2, 0.25) is 0 Å². The van der Waals surface area contributed by atoms with Gasteiger partial charge in [-0.25, -0.2) is 4.79 Å². The van der Waals surface area contributed by atoms with E-state index in [0.29, 0.717) is 17.1 Å². The van der Waals surface area contributed by atoms with Crippen LogP contribution in [0.15, 0.2) is 18.2 Å². The molecule has 0 unspecified atom stereocenters. The minimum atomic E-state index is -0.487. The summed E-state index contributed by atoms with van der Waals surface area (Å²) in [6, 6.07) is 7.42. The molecule has 0 bridgehead atoms. The Morgan fingerprint density at radius 3 is 2.48 bits per heavy atom. The fourth-order valence-corrected chi connectivity index (χ4v) is 2.83. The number of hydrogen-bond donors (Lipinski definition) is 1. The zero-order valence-corrected chi connectivity index (χ0v) is 15.3. The van der Waals surface area contributed by atoms with Crippen molar-refractivity contribution >= 4 is 6.09 Å². The van der Waals surface area contributed by atoms with Crippen LogP contribution in [0.5, 0.6) is 11.5 Å². The lowest BCUT2D eigenvalue weighted by Gasteiger charge is -2.30. The molecule has 1 saturated carbocycles. The van der Waals surface area contributed by atoms with Crippen LogP contribution >= 0.6 is 0 Å². The highest BCUT2D eigenvalue weighted by molar-refractivity contribution is 5.68. The summed E-state index contributed by atoms with van der Waals surface area (Å²) in [5.41, 5.74) is -0.000841. The van der Waals surface area contributed by atoms with Gasteiger partial charge in [-0.3, -0.25) is 0 Å². The number of ether oxygens (including phenoxy) is 3. The molecule has 1 aromatic rings. The van der Waals surface area contributed by atoms with Gasteiger partial charge in [0.15, 0.2) is 0 Å². The van der Waals surface area contributed by atoms with Gasteiger partial charge < -0.3 is 19.5 Å². The summed E-state index contributed by atoms with van der Waals surface area (Å²) < 4.78 is 16.5. The van der Waals surface area contributed by atoms with Crippen LogP contribution < -0.4 is 14.8 Å². The zero-order chi connectivity index (χ0) is 18.4. The average molecular weight is 346 g/mol. The van der Waals surface area contributed by atoms with Gasteiger partial charge in [-0.15, -0.1) is 0 Å². The van der Waals surface area contributed by atoms with Crippen LogP contribution in [0, 0.1) is 11.3 Å². The summed E-state index contributed by atoms with van der Waals surface area (Å²) in [5, 5.41) is 11.9. The first-order chi connectivity index (χ1) is 11.8. The number of methoxy groups -OCH3 is 1. The van der Waals surface area contributed by atoms with Gasteiger partial charge in [0.1, 0.15) is 23.2 Å². The van der Waals surface area contributed by atoms with E-state index in [1.54, 1.807) is 18.2 Å². The number of amides is 1. The highest BCUT2D eigenvalue weighted by atomic mass is 16.6. The molecule has 6 heteroatoms. The van der Waals surface area contributed by atoms with Crippen molar-refractivity contribution in [1.29, 1.82) is 5.26 Å². The van der Waals surface area contributed by atoms with Crippen LogP contribution in [-0.2, 0) is 4.74 Å². The quantitative estimate of drug-likeness (QED) is 0.897. The molecule has 0 aliphatic heterocycles. The van der Waals surface area contributed by atoms with Crippen molar-refractivity contribution in [2.45, 2.75) is 64.2 Å². The minimum absolute atomic E-state index is 0.0920. The Labute approximate surface area is 149 Å². The molecule has 0 spiro atoms. The Bertz CT molecular complexity index is 638. The van der Waals surface area contributed by atoms with Gasteiger partial charge in [0.25, 0.3) is 0 Å². The molecule has 136 valence electrons. The summed E-state index contributed by atoms with van der Waals surface area (Å²) in [5.74, 6) is 1.21. The van der Waals surface area contributed by atoms with Crippen LogP contribution in [0.3, 0.4) is 0 Å². The first-order valence-electron chi connectivity index (χ1n) is 8.55. The zero-order valence-electron chi connectivity index (χ0n) is 15.3. The smallest absolute Gasteiger partial charge is 0.407 e. The maximum atomic E-state index is 11.8. The van der Waals surface area contributed by atoms with E-state index in [9.17, 15) is 4.79 Å². The topological polar surface area (TPSA) is 80.6 Å². The van der Waals surface area contributed by atoms with Crippen LogP contribution in [-0.4, -0.2) is 30.9 Å². The number of nitrogens with zero attached hydrogens (tertiary/aromatic N) is 1. The molecular formula is C19H26N2O4. The standard InChI is InChI=1S/C19H26N2O4/c1-19(2,3)25-18(22)21-14-6-9-15(10-7-14)24-16-8-5-13(12-20)17(11-16)23-4/h5,8,11,14-15H,6-7,9-10H2,1-4H3,(H,21,22). The molecular weight excluding hydrogens is 320 g/mol. The number of alkyl carbamates (subject to hydrolysis) is 1. The molecule has 1 fully saturated rings. The van der Waals surface area contributed by atoms with Gasteiger partial charge in [0.05, 0.1) is 18.8 Å². The van der Waals surface area contributed by atoms with E-state index in [1.807, 2.05) is 20.8 Å². The third kappa shape index (κ3) is 5.86. The Morgan fingerprint density at radius 2 is 1.92 bits per heavy atom. The van der Waals surface area contributed by atoms with Gasteiger partial charge in [-0.05, 0) is 58.6 Å². The van der Waals surface area contributed by atoms with Crippen molar-refractivity contribution in [3.63, 3.8) is 0 Å². The largest absolute Gasteiger partial charge is 0.495 e. The van der Waals surface area contributed by atoms with Crippen LogP contribution in [0.4, 0.5) is 4.79 Å². The Hall–Kier alpha value is -2.42. The van der Waals surface area contributed by atoms with E-state index in [1.165, 1.54) is 7.11 Å². The SMILES string of the molecule is COc1cc(OC2CCC(NC(=O)OC(C)(C)C)CC2)ccc1C#N. The van der Waals surface area contributed by atoms with E-state index >= 15 is 0 Å². The highest BCUT2D eigenvalue weighted by Crippen LogP contribution is 2.28. The van der Waals surface area contributed by atoms with E-state index in [2.05, 4.69) is 11.4 Å². The summed E-state index contributed by atoms with van der Waals surface area (Å²) in [4.78, 5) is 11.8. The molecule has 0 radical (unpaired) electrons. The summed E-state index contributed by atoms with van der Waals surface area (Å²) in [7, 11) is 1.54. The summed E-state index contributed by atoms with van der Waals surface area (Å²) in [6.45, 7) is 5.55. The third-order valence-electron chi connectivity index (χ3n) is 3.99. The molecule has 6 nitrogen and oxygen atoms in total. The molecule has 2 rings (SSSR count). The average Bonchev–Trinajstić information content (AvgIpc) is 2.54. The molecule has 1 N–H and O–H groups in total. The molecule has 1 aliphatic carbocycles. The van der Waals surface area contributed by atoms with E-state index in [0.717, 1.165) is 25.7 Å². The molecule has 1 aliphatic rings. The first-order valence-corrected chi connectivity index (χ1v) is 8.55. The third-order valence-corrected chi connectivity index (χ3v) is 3.99. The van der Waals surface area contributed by atoms with E-state index < -0.39 is 5.60 Å². The number of carbonyl (C=O) groups is 1. The summed E-state index contributed by atoms with van der Waals surface area (Å²) in [6.07, 6.45) is 3.11. The maximum absolute atomic E-state index is 11.8. The van der Waals surface area contributed by atoms with Crippen molar-refractivity contribution in [2.75, 3.05) is 7.11 Å². The molecule has 0 saturated heterocycles. The van der Waals surface area contributed by atoms with Crippen molar-refractivity contribution < 1.29 is 19.0 Å². The molecule has 0 atom stereocenters. The lowest BCUT2D eigenvalue weighted by atomic mass is 9.93. The number of nitriles is 1. The van der Waals surface area contributed by atoms with Crippen LogP contribution in [0.25, 0.3) is 0 Å². The predicted octanol–water partition coefficient (Wildman–Crippen LogP) is 3.78. The fourth-order valence-electron chi connectivity index (χ4n) is 2.83. The molecule has 25 heavy (non-hydrogen) atoms. The second-order valence-electron chi connectivity index (χ2n) is 7.21. The van der Waals surface area contributed by atoms with Crippen molar-refractivity contribution in [1.82, 2.24) is 5.32 Å². The van der Waals surface area contributed by atoms with Gasteiger partial charge in [0.2, 0.25) is 0 Å². The molecule has 1 amide bonds.